The first-order valence-corrected chi connectivity index (χ1v) is 18.4. The van der Waals surface area contributed by atoms with Crippen molar-refractivity contribution in [3.05, 3.63) is 47.9 Å². The molecule has 3 fully saturated rings. The number of ether oxygens (including phenoxy) is 3. The Morgan fingerprint density at radius 2 is 1.88 bits per heavy atom. The van der Waals surface area contributed by atoms with Crippen LogP contribution in [0.3, 0.4) is 0 Å². The average molecular weight is 700 g/mol. The molecule has 1 atom stereocenters. The summed E-state index contributed by atoms with van der Waals surface area (Å²) in [6.45, 7) is 4.80. The first kappa shape index (κ1) is 34.9. The zero-order valence-electron chi connectivity index (χ0n) is 27.7. The first-order valence-electron chi connectivity index (χ1n) is 16.5. The predicted octanol–water partition coefficient (Wildman–Crippen LogP) is 3.39. The van der Waals surface area contributed by atoms with E-state index in [4.69, 9.17) is 29.0 Å². The Hall–Kier alpha value is -3.96. The molecular formula is C33H42FN7O7S. The lowest BCUT2D eigenvalue weighted by atomic mass is 9.95. The third-order valence-corrected chi connectivity index (χ3v) is 9.31. The number of halogens is 1. The Morgan fingerprint density at radius 1 is 1.08 bits per heavy atom. The average Bonchev–Trinajstić information content (AvgIpc) is 3.10. The second-order valence-corrected chi connectivity index (χ2v) is 14.2. The second kappa shape index (κ2) is 15.7. The number of rotatable bonds is 11. The minimum absolute atomic E-state index is 0.0917. The van der Waals surface area contributed by atoms with Gasteiger partial charge in [0.05, 0.1) is 37.8 Å². The summed E-state index contributed by atoms with van der Waals surface area (Å²) in [5.74, 6) is 0.0199. The largest absolute Gasteiger partial charge is 0.480 e. The van der Waals surface area contributed by atoms with Gasteiger partial charge < -0.3 is 19.1 Å². The van der Waals surface area contributed by atoms with Crippen molar-refractivity contribution >= 4 is 38.5 Å². The number of carbonyl (C=O) groups is 1. The molecule has 5 heterocycles. The number of piperidine rings is 1. The van der Waals surface area contributed by atoms with Gasteiger partial charge in [0.25, 0.3) is 5.91 Å². The summed E-state index contributed by atoms with van der Waals surface area (Å²) in [6.07, 6.45) is 10.0. The number of sulfonamides is 1. The number of hydroxylamine groups is 1. The molecule has 3 aromatic rings. The Bertz CT molecular complexity index is 1770. The molecular weight excluding hydrogens is 657 g/mol. The summed E-state index contributed by atoms with van der Waals surface area (Å²) in [7, 11) is -2.25. The van der Waals surface area contributed by atoms with E-state index in [-0.39, 0.29) is 23.4 Å². The lowest BCUT2D eigenvalue weighted by Gasteiger charge is -2.31. The standard InChI is InChI=1S/C33H42FN7O7S/c1-45-32-27(39-49(2,43)44)18-23(20-35-32)30-26-19-25(34)17-24(31(26)37-33(36-30)41-12-15-46-16-13-41)21-40-10-8-22(9-11-40)6-7-28(42)38-48-29-5-3-4-14-47-29/h6-7,17-20,22,29,39H,3-5,8-16,21H2,1-2H3,(H,38,42)/b7-6+. The number of hydrogen-bond acceptors (Lipinski definition) is 12. The first-order chi connectivity index (χ1) is 23.6. The highest BCUT2D eigenvalue weighted by Crippen LogP contribution is 2.35. The third-order valence-electron chi connectivity index (χ3n) is 8.71. The van der Waals surface area contributed by atoms with Gasteiger partial charge in [-0.2, -0.15) is 0 Å². The fraction of sp³-hybridized carbons (Fsp3) is 0.515. The summed E-state index contributed by atoms with van der Waals surface area (Å²) < 4.78 is 58.3. The number of nitrogens with one attached hydrogen (secondary N) is 2. The monoisotopic (exact) mass is 699 g/mol. The van der Waals surface area contributed by atoms with Gasteiger partial charge in [0, 0.05) is 55.9 Å². The number of hydrogen-bond donors (Lipinski definition) is 2. The molecule has 0 spiro atoms. The molecule has 3 aliphatic rings. The quantitative estimate of drug-likeness (QED) is 0.223. The molecule has 1 aromatic carbocycles. The molecule has 16 heteroatoms. The normalized spacial score (nSPS) is 19.7. The van der Waals surface area contributed by atoms with E-state index in [9.17, 15) is 13.2 Å². The lowest BCUT2D eigenvalue weighted by molar-refractivity contribution is -0.198. The van der Waals surface area contributed by atoms with Crippen molar-refractivity contribution in [2.45, 2.75) is 44.9 Å². The summed E-state index contributed by atoms with van der Waals surface area (Å²) >= 11 is 0. The van der Waals surface area contributed by atoms with E-state index in [1.54, 1.807) is 6.07 Å². The number of amides is 1. The molecule has 0 saturated carbocycles. The summed E-state index contributed by atoms with van der Waals surface area (Å²) in [6, 6.07) is 4.49. The van der Waals surface area contributed by atoms with Crippen LogP contribution < -0.4 is 19.8 Å². The Balaban J connectivity index is 1.23. The van der Waals surface area contributed by atoms with Crippen molar-refractivity contribution in [1.29, 1.82) is 0 Å². The molecule has 6 rings (SSSR count). The number of fused-ring (bicyclic) bond motifs is 1. The van der Waals surface area contributed by atoms with Gasteiger partial charge in [0.1, 0.15) is 11.5 Å². The number of likely N-dealkylation sites (tertiary alicyclic amines) is 1. The lowest BCUT2D eigenvalue weighted by Crippen LogP contribution is -2.37. The van der Waals surface area contributed by atoms with Gasteiger partial charge in [0.15, 0.2) is 6.29 Å². The van der Waals surface area contributed by atoms with Gasteiger partial charge in [-0.15, -0.1) is 0 Å². The van der Waals surface area contributed by atoms with Crippen LogP contribution in [0.1, 0.15) is 37.7 Å². The predicted molar refractivity (Wildman–Crippen MR) is 181 cm³/mol. The van der Waals surface area contributed by atoms with Crippen molar-refractivity contribution in [2.24, 2.45) is 5.92 Å². The van der Waals surface area contributed by atoms with Crippen LogP contribution in [0.4, 0.5) is 16.0 Å². The van der Waals surface area contributed by atoms with Crippen LogP contribution in [0.15, 0.2) is 36.5 Å². The second-order valence-electron chi connectivity index (χ2n) is 12.4. The summed E-state index contributed by atoms with van der Waals surface area (Å²) in [5, 5.41) is 0.481. The Morgan fingerprint density at radius 3 is 2.59 bits per heavy atom. The topological polar surface area (TPSA) is 157 Å². The molecule has 0 aliphatic carbocycles. The van der Waals surface area contributed by atoms with Crippen molar-refractivity contribution in [1.82, 2.24) is 25.3 Å². The number of allylic oxidation sites excluding steroid dienone is 1. The van der Waals surface area contributed by atoms with Crippen LogP contribution in [0, 0.1) is 11.7 Å². The number of nitrogens with zero attached hydrogens (tertiary/aromatic N) is 5. The van der Waals surface area contributed by atoms with Crippen LogP contribution in [0.25, 0.3) is 22.2 Å². The van der Waals surface area contributed by atoms with E-state index in [0.717, 1.165) is 51.4 Å². The molecule has 2 aromatic heterocycles. The maximum Gasteiger partial charge on any atom is 0.267 e. The van der Waals surface area contributed by atoms with Crippen molar-refractivity contribution in [3.63, 3.8) is 0 Å². The maximum absolute atomic E-state index is 15.3. The molecule has 49 heavy (non-hydrogen) atoms. The van der Waals surface area contributed by atoms with Crippen LogP contribution >= 0.6 is 0 Å². The van der Waals surface area contributed by atoms with E-state index in [1.165, 1.54) is 31.5 Å². The minimum Gasteiger partial charge on any atom is -0.480 e. The van der Waals surface area contributed by atoms with Crippen molar-refractivity contribution in [3.8, 4) is 17.1 Å². The molecule has 0 radical (unpaired) electrons. The fourth-order valence-corrected chi connectivity index (χ4v) is 6.79. The molecule has 2 N–H and O–H groups in total. The van der Waals surface area contributed by atoms with Gasteiger partial charge in [-0.3, -0.25) is 14.4 Å². The van der Waals surface area contributed by atoms with E-state index >= 15 is 4.39 Å². The number of anilines is 2. The molecule has 14 nitrogen and oxygen atoms in total. The molecule has 1 amide bonds. The summed E-state index contributed by atoms with van der Waals surface area (Å²) in [5.41, 5.74) is 4.79. The highest BCUT2D eigenvalue weighted by molar-refractivity contribution is 7.92. The van der Waals surface area contributed by atoms with E-state index in [0.29, 0.717) is 73.1 Å². The van der Waals surface area contributed by atoms with Gasteiger partial charge in [-0.1, -0.05) is 6.08 Å². The van der Waals surface area contributed by atoms with E-state index in [1.807, 2.05) is 11.0 Å². The Labute approximate surface area is 285 Å². The van der Waals surface area contributed by atoms with Crippen LogP contribution in [-0.4, -0.2) is 99.8 Å². The zero-order valence-corrected chi connectivity index (χ0v) is 28.5. The number of aromatic nitrogens is 3. The van der Waals surface area contributed by atoms with Crippen molar-refractivity contribution < 1.29 is 36.7 Å². The van der Waals surface area contributed by atoms with Crippen LogP contribution in [0.2, 0.25) is 0 Å². The van der Waals surface area contributed by atoms with Gasteiger partial charge in [-0.05, 0) is 68.5 Å². The number of methoxy groups -OCH3 is 1. The van der Waals surface area contributed by atoms with Crippen LogP contribution in [-0.2, 0) is 35.7 Å². The zero-order chi connectivity index (χ0) is 34.4. The number of morpholine rings is 1. The number of pyridine rings is 1. The third kappa shape index (κ3) is 9.19. The van der Waals surface area contributed by atoms with E-state index in [2.05, 4.69) is 20.1 Å². The SMILES string of the molecule is COc1ncc(-c2nc(N3CCOCC3)nc3c(CN4CCC(/C=C/C(=O)NOC5CCCCO5)CC4)cc(F)cc23)cc1NS(C)(=O)=O. The minimum atomic E-state index is -3.65. The number of carbonyl (C=O) groups excluding carboxylic acids is 1. The molecule has 1 unspecified atom stereocenters. The smallest absolute Gasteiger partial charge is 0.267 e. The molecule has 3 aliphatic heterocycles. The van der Waals surface area contributed by atoms with Crippen molar-refractivity contribution in [2.75, 3.05) is 69.0 Å². The van der Waals surface area contributed by atoms with Crippen LogP contribution in [0.5, 0.6) is 5.88 Å². The number of benzene rings is 1. The highest BCUT2D eigenvalue weighted by Gasteiger charge is 2.24. The molecule has 3 saturated heterocycles. The molecule has 0 bridgehead atoms. The fourth-order valence-electron chi connectivity index (χ4n) is 6.25. The Kier molecular flexibility index (Phi) is 11.2. The van der Waals surface area contributed by atoms with Gasteiger partial charge in [-0.25, -0.2) is 38.1 Å². The van der Waals surface area contributed by atoms with Gasteiger partial charge >= 0.3 is 0 Å². The highest BCUT2D eigenvalue weighted by atomic mass is 32.2. The van der Waals surface area contributed by atoms with E-state index < -0.39 is 22.1 Å². The summed E-state index contributed by atoms with van der Waals surface area (Å²) in [4.78, 5) is 36.1. The van der Waals surface area contributed by atoms with Gasteiger partial charge in [0.2, 0.25) is 21.9 Å². The maximum atomic E-state index is 15.3. The molecule has 264 valence electrons.